The summed E-state index contributed by atoms with van der Waals surface area (Å²) < 4.78 is 49.1. The van der Waals surface area contributed by atoms with Crippen molar-refractivity contribution in [1.82, 2.24) is 78.3 Å². The summed E-state index contributed by atoms with van der Waals surface area (Å²) in [4.78, 5) is 4.07. The molecule has 3 saturated heterocycles. The molecule has 0 radical (unpaired) electrons. The van der Waals surface area contributed by atoms with Crippen LogP contribution in [-0.2, 0) is 93.6 Å². The number of likely N-dealkylation sites (tertiary alicyclic amines) is 2. The normalized spacial score (nSPS) is 21.4. The van der Waals surface area contributed by atoms with Gasteiger partial charge in [0.05, 0.1) is 89.9 Å². The number of nitrogens with zero attached hydrogens (tertiary/aromatic N) is 16. The highest BCUT2D eigenvalue weighted by Crippen LogP contribution is 2.49. The molecule has 18 nitrogen and oxygen atoms in total. The zero-order valence-electron chi connectivity index (χ0n) is 94.7. The Morgan fingerprint density at radius 2 is 0.619 bits per heavy atom. The highest BCUT2D eigenvalue weighted by Gasteiger charge is 2.51. The van der Waals surface area contributed by atoms with Gasteiger partial charge in [0, 0.05) is 148 Å². The SMILES string of the molecule is CC(C)(C)c1cc(C(C)(C)C)n(C2CCCC2(C)C)n1.CC(C)(C)c1cc(C(C)(C)C)n(C2CCCC2)n1.CC(C)(C)c1cc(C(C)(C)C)n(C2CCCC2O)n1.CC(C)(C)c1cc(C(C)(C)C)n(CC2CCCC2)n1.CC(C)(C)c1cc(C(C)(C)C)n(CC2COC2)n1.CN1CC(n2nc(C(C)(C)C)cc2C(C)(C)C)C(F)(F)C1.CN1CCC(n2nc(C(C)(C)C)cc2C(C)(C)C)C1. The average molecular weight is 1860 g/mol. The van der Waals surface area contributed by atoms with E-state index in [9.17, 15) is 13.9 Å². The van der Waals surface area contributed by atoms with Crippen LogP contribution in [0, 0.1) is 17.3 Å². The largest absolute Gasteiger partial charge is 0.391 e. The van der Waals surface area contributed by atoms with Crippen molar-refractivity contribution in [1.29, 1.82) is 0 Å². The van der Waals surface area contributed by atoms with Crippen LogP contribution in [0.25, 0.3) is 0 Å². The molecule has 3 aliphatic heterocycles. The molecule has 0 bridgehead atoms. The van der Waals surface area contributed by atoms with E-state index in [1.165, 1.54) is 146 Å². The number of hydrogen-bond donors (Lipinski definition) is 1. The van der Waals surface area contributed by atoms with Crippen LogP contribution in [-0.4, -0.2) is 149 Å². The maximum absolute atomic E-state index is 14.3. The van der Waals surface area contributed by atoms with Gasteiger partial charge in [-0.15, -0.1) is 0 Å². The van der Waals surface area contributed by atoms with E-state index in [1.807, 2.05) is 26.8 Å². The van der Waals surface area contributed by atoms with E-state index in [2.05, 4.69) is 365 Å². The molecule has 0 aromatic carbocycles. The Morgan fingerprint density at radius 1 is 0.313 bits per heavy atom. The zero-order valence-corrected chi connectivity index (χ0v) is 94.7. The first-order chi connectivity index (χ1) is 60.5. The number of alkyl halides is 2. The van der Waals surface area contributed by atoms with E-state index in [0.29, 0.717) is 36.0 Å². The Morgan fingerprint density at radius 3 is 0.910 bits per heavy atom. The van der Waals surface area contributed by atoms with Crippen LogP contribution in [0.4, 0.5) is 8.78 Å². The average Bonchev–Trinajstić information content (AvgIpc) is 1.61. The van der Waals surface area contributed by atoms with Crippen molar-refractivity contribution in [2.24, 2.45) is 17.3 Å². The molecule has 14 rings (SSSR count). The second kappa shape index (κ2) is 41.4. The molecule has 0 spiro atoms. The summed E-state index contributed by atoms with van der Waals surface area (Å²) in [5.74, 6) is -1.26. The number of hydrogen-bond acceptors (Lipinski definition) is 11. The van der Waals surface area contributed by atoms with Crippen LogP contribution < -0.4 is 0 Å². The fourth-order valence-electron chi connectivity index (χ4n) is 19.5. The maximum Gasteiger partial charge on any atom is 0.283 e. The quantitative estimate of drug-likeness (QED) is 0.146. The number of aliphatic hydroxyl groups excluding tert-OH is 1. The molecule has 5 unspecified atom stereocenters. The van der Waals surface area contributed by atoms with Crippen molar-refractivity contribution in [3.8, 4) is 0 Å². The number of ether oxygens (including phenoxy) is 1. The molecular formula is C114H200F2N16O2. The van der Waals surface area contributed by atoms with E-state index in [1.54, 1.807) is 16.6 Å². The number of aliphatic hydroxyl groups is 1. The third-order valence-corrected chi connectivity index (χ3v) is 28.4. The lowest BCUT2D eigenvalue weighted by Gasteiger charge is -2.31. The van der Waals surface area contributed by atoms with Crippen molar-refractivity contribution < 1.29 is 18.6 Å². The Labute approximate surface area is 817 Å². The standard InChI is InChI=1S/C18H32N2.C17H30N2.C16H27F2N3.C16H29N3.C16H28N2O.C16H28N2.C15H26N2O/c1-16(2,3)13-12-15(17(4,5)6)20(19-13)14-10-9-11-18(14,7)8;1-16(2,3)14-11-15(17(4,5)6)19(18-14)12-13-9-7-8-10-13;1-14(2,3)11-8-12(15(4,5)6)21(19-11)13-9-20(7)10-16(13,17)18;1-15(2,3)13-10-14(16(4,5)6)19(17-13)12-8-9-18(7)11-12;1-15(2,3)13-10-14(16(4,5)6)18(17-13)11-8-7-9-12(11)19;1-15(2,3)13-11-14(16(4,5)6)18(17-13)12-9-7-8-10-12;1-14(2,3)12-7-13(15(4,5)6)17(16-12)8-11-9-18-10-11/h12,14H,9-11H2,1-8H3;11,13H,7-10,12H2,1-6H3;8,13H,9-10H2,1-7H3;10,12H,8-9,11H2,1-7H3;10-12,19H,7-9H2,1-6H3;11-12H,7-10H2,1-6H3;7,11H,8-10H2,1-6H3. The van der Waals surface area contributed by atoms with E-state index in [4.69, 9.17) is 35.3 Å². The lowest BCUT2D eigenvalue weighted by atomic mass is 9.85. The van der Waals surface area contributed by atoms with Crippen LogP contribution in [0.3, 0.4) is 0 Å². The summed E-state index contributed by atoms with van der Waals surface area (Å²) in [6.07, 6.45) is 18.8. The maximum atomic E-state index is 14.3. The summed E-state index contributed by atoms with van der Waals surface area (Å²) in [7, 11) is 3.93. The zero-order chi connectivity index (χ0) is 102. The van der Waals surface area contributed by atoms with Gasteiger partial charge in [-0.05, 0) is 139 Å². The Balaban J connectivity index is 0.000000192. The molecule has 134 heavy (non-hydrogen) atoms. The summed E-state index contributed by atoms with van der Waals surface area (Å²) >= 11 is 0. The minimum absolute atomic E-state index is 0.0504. The Bertz CT molecular complexity index is 4860. The predicted octanol–water partition coefficient (Wildman–Crippen LogP) is 28.1. The van der Waals surface area contributed by atoms with Crippen LogP contribution in [0.15, 0.2) is 42.5 Å². The van der Waals surface area contributed by atoms with Gasteiger partial charge in [-0.1, -0.05) is 337 Å². The molecule has 7 fully saturated rings. The monoisotopic (exact) mass is 1860 g/mol. The fourth-order valence-corrected chi connectivity index (χ4v) is 19.5. The van der Waals surface area contributed by atoms with Gasteiger partial charge in [-0.25, -0.2) is 8.78 Å². The van der Waals surface area contributed by atoms with Crippen LogP contribution >= 0.6 is 0 Å². The summed E-state index contributed by atoms with van der Waals surface area (Å²) in [5, 5.41) is 44.3. The first kappa shape index (κ1) is 113. The molecule has 0 amide bonds. The van der Waals surface area contributed by atoms with Gasteiger partial charge in [0.25, 0.3) is 5.92 Å². The predicted molar refractivity (Wildman–Crippen MR) is 559 cm³/mol. The summed E-state index contributed by atoms with van der Waals surface area (Å²) in [6, 6.07) is 16.8. The van der Waals surface area contributed by atoms with E-state index in [-0.39, 0.29) is 94.5 Å². The van der Waals surface area contributed by atoms with Gasteiger partial charge in [0.1, 0.15) is 6.04 Å². The highest BCUT2D eigenvalue weighted by atomic mass is 19.3. The van der Waals surface area contributed by atoms with Crippen molar-refractivity contribution in [2.45, 2.75) is 532 Å². The minimum atomic E-state index is -2.74. The summed E-state index contributed by atoms with van der Waals surface area (Å²) in [5.41, 5.74) is 18.6. The molecular weight excluding hydrogens is 1660 g/mol. The number of aromatic nitrogens is 14. The van der Waals surface area contributed by atoms with Gasteiger partial charge in [0.15, 0.2) is 0 Å². The van der Waals surface area contributed by atoms with Crippen LogP contribution in [0.1, 0.15) is 511 Å². The van der Waals surface area contributed by atoms with Gasteiger partial charge in [-0.2, -0.15) is 35.7 Å². The van der Waals surface area contributed by atoms with Gasteiger partial charge in [-0.3, -0.25) is 37.7 Å². The molecule has 4 aliphatic carbocycles. The molecule has 20 heteroatoms. The number of halogens is 2. The van der Waals surface area contributed by atoms with Crippen molar-refractivity contribution in [2.75, 3.05) is 53.5 Å². The second-order valence-electron chi connectivity index (χ2n) is 57.1. The molecule has 10 heterocycles. The van der Waals surface area contributed by atoms with Crippen molar-refractivity contribution in [3.63, 3.8) is 0 Å². The molecule has 7 aliphatic rings. The van der Waals surface area contributed by atoms with Gasteiger partial charge in [0.2, 0.25) is 0 Å². The molecule has 4 saturated carbocycles. The minimum Gasteiger partial charge on any atom is -0.391 e. The van der Waals surface area contributed by atoms with E-state index >= 15 is 0 Å². The van der Waals surface area contributed by atoms with E-state index in [0.717, 1.165) is 75.1 Å². The van der Waals surface area contributed by atoms with Gasteiger partial charge < -0.3 is 14.7 Å². The molecule has 1 N–H and O–H groups in total. The fraction of sp³-hybridized carbons (Fsp3) is 0.816. The number of rotatable bonds is 9. The smallest absolute Gasteiger partial charge is 0.283 e. The first-order valence-electron chi connectivity index (χ1n) is 52.2. The topological polar surface area (TPSA) is 161 Å². The lowest BCUT2D eigenvalue weighted by Crippen LogP contribution is -2.33. The Hall–Kier alpha value is -5.83. The Kier molecular flexibility index (Phi) is 35.0. The number of likely N-dealkylation sites (N-methyl/N-ethyl adjacent to an activating group) is 2. The van der Waals surface area contributed by atoms with Crippen molar-refractivity contribution >= 4 is 0 Å². The third-order valence-electron chi connectivity index (χ3n) is 28.4. The van der Waals surface area contributed by atoms with Gasteiger partial charge >= 0.3 is 0 Å². The second-order valence-corrected chi connectivity index (χ2v) is 57.1. The van der Waals surface area contributed by atoms with Crippen molar-refractivity contribution in [3.05, 3.63) is 122 Å². The van der Waals surface area contributed by atoms with E-state index < -0.39 is 12.0 Å². The summed E-state index contributed by atoms with van der Waals surface area (Å²) in [6.45, 7) is 105. The highest BCUT2D eigenvalue weighted by molar-refractivity contribution is 5.31. The molecule has 7 aromatic heterocycles. The first-order valence-corrected chi connectivity index (χ1v) is 52.2. The molecule has 7 aromatic rings. The third kappa shape index (κ3) is 29.9. The lowest BCUT2D eigenvalue weighted by molar-refractivity contribution is -0.0415. The van der Waals surface area contributed by atoms with Crippen LogP contribution in [0.5, 0.6) is 0 Å². The molecule has 762 valence electrons. The van der Waals surface area contributed by atoms with Crippen LogP contribution in [0.2, 0.25) is 0 Å². The molecule has 5 atom stereocenters.